The van der Waals surface area contributed by atoms with Crippen molar-refractivity contribution in [2.24, 2.45) is 0 Å². The summed E-state index contributed by atoms with van der Waals surface area (Å²) >= 11 is 0. The third-order valence-corrected chi connectivity index (χ3v) is 4.75. The number of hydrogen-bond donors (Lipinski definition) is 2. The monoisotopic (exact) mass is 390 g/mol. The van der Waals surface area contributed by atoms with E-state index in [4.69, 9.17) is 0 Å². The number of carbonyl (C=O) groups is 2. The van der Waals surface area contributed by atoms with Crippen molar-refractivity contribution < 1.29 is 9.59 Å². The smallest absolute Gasteiger partial charge is 0.222 e. The molecule has 0 aliphatic carbocycles. The highest BCUT2D eigenvalue weighted by atomic mass is 16.2. The highest BCUT2D eigenvalue weighted by Gasteiger charge is 2.17. The molecule has 0 radical (unpaired) electrons. The van der Waals surface area contributed by atoms with Gasteiger partial charge in [-0.1, -0.05) is 54.1 Å². The van der Waals surface area contributed by atoms with E-state index in [0.29, 0.717) is 13.1 Å². The molecule has 6 heteroatoms. The molecule has 2 amide bonds. The fourth-order valence-electron chi connectivity index (χ4n) is 3.21. The molecular formula is C23H26N4O2. The van der Waals surface area contributed by atoms with E-state index < -0.39 is 0 Å². The molecule has 1 atom stereocenters. The summed E-state index contributed by atoms with van der Waals surface area (Å²) < 4.78 is 1.99. The van der Waals surface area contributed by atoms with Gasteiger partial charge in [0.1, 0.15) is 0 Å². The largest absolute Gasteiger partial charge is 0.352 e. The molecule has 0 saturated carbocycles. The molecule has 0 aliphatic rings. The lowest BCUT2D eigenvalue weighted by Gasteiger charge is -2.19. The van der Waals surface area contributed by atoms with E-state index in [0.717, 1.165) is 22.3 Å². The summed E-state index contributed by atoms with van der Waals surface area (Å²) in [5, 5.41) is 5.86. The molecule has 0 aliphatic heterocycles. The van der Waals surface area contributed by atoms with Crippen molar-refractivity contribution >= 4 is 11.8 Å². The van der Waals surface area contributed by atoms with Gasteiger partial charge in [0.25, 0.3) is 0 Å². The fourth-order valence-corrected chi connectivity index (χ4v) is 3.21. The average molecular weight is 390 g/mol. The number of benzene rings is 2. The zero-order chi connectivity index (χ0) is 20.6. The van der Waals surface area contributed by atoms with E-state index in [2.05, 4.69) is 15.6 Å². The Bertz CT molecular complexity index is 949. The molecule has 2 aromatic carbocycles. The minimum atomic E-state index is -0.353. The van der Waals surface area contributed by atoms with Crippen molar-refractivity contribution in [1.82, 2.24) is 20.2 Å². The second-order valence-electron chi connectivity index (χ2n) is 7.15. The Balaban J connectivity index is 1.63. The highest BCUT2D eigenvalue weighted by Crippen LogP contribution is 2.18. The molecule has 6 nitrogen and oxygen atoms in total. The summed E-state index contributed by atoms with van der Waals surface area (Å²) in [4.78, 5) is 28.3. The van der Waals surface area contributed by atoms with Gasteiger partial charge in [-0.25, -0.2) is 4.98 Å². The van der Waals surface area contributed by atoms with Crippen molar-refractivity contribution in [3.63, 3.8) is 0 Å². The topological polar surface area (TPSA) is 76.0 Å². The Morgan fingerprint density at radius 3 is 2.45 bits per heavy atom. The molecule has 29 heavy (non-hydrogen) atoms. The summed E-state index contributed by atoms with van der Waals surface area (Å²) in [6.07, 6.45) is 5.62. The number of aromatic nitrogens is 2. The van der Waals surface area contributed by atoms with Crippen LogP contribution in [0.1, 0.15) is 41.6 Å². The zero-order valence-corrected chi connectivity index (χ0v) is 16.8. The van der Waals surface area contributed by atoms with Crippen molar-refractivity contribution in [2.45, 2.75) is 39.4 Å². The SMILES string of the molecule is CC(=O)NC(CC(=O)NCc1ccccc1Cn1ccnc1)c1ccc(C)cc1. The molecular weight excluding hydrogens is 364 g/mol. The second kappa shape index (κ2) is 9.68. The van der Waals surface area contributed by atoms with Gasteiger partial charge in [0.05, 0.1) is 18.8 Å². The fraction of sp³-hybridized carbons (Fsp3) is 0.261. The Kier molecular flexibility index (Phi) is 6.79. The van der Waals surface area contributed by atoms with Gasteiger partial charge < -0.3 is 15.2 Å². The van der Waals surface area contributed by atoms with Crippen molar-refractivity contribution in [3.8, 4) is 0 Å². The van der Waals surface area contributed by atoms with Gasteiger partial charge in [-0.15, -0.1) is 0 Å². The lowest BCUT2D eigenvalue weighted by molar-refractivity contribution is -0.122. The summed E-state index contributed by atoms with van der Waals surface area (Å²) in [5.74, 6) is -0.268. The van der Waals surface area contributed by atoms with Crippen LogP contribution in [0.15, 0.2) is 67.3 Å². The molecule has 3 aromatic rings. The number of rotatable bonds is 8. The third-order valence-electron chi connectivity index (χ3n) is 4.75. The van der Waals surface area contributed by atoms with Gasteiger partial charge in [-0.3, -0.25) is 9.59 Å². The van der Waals surface area contributed by atoms with E-state index in [1.165, 1.54) is 6.92 Å². The van der Waals surface area contributed by atoms with Crippen LogP contribution in [-0.4, -0.2) is 21.4 Å². The van der Waals surface area contributed by atoms with Gasteiger partial charge in [0.2, 0.25) is 11.8 Å². The molecule has 2 N–H and O–H groups in total. The van der Waals surface area contributed by atoms with E-state index in [-0.39, 0.29) is 24.3 Å². The predicted octanol–water partition coefficient (Wildman–Crippen LogP) is 3.12. The van der Waals surface area contributed by atoms with Gasteiger partial charge in [0.15, 0.2) is 0 Å². The number of hydrogen-bond acceptors (Lipinski definition) is 3. The standard InChI is InChI=1S/C23H26N4O2/c1-17-7-9-19(10-8-17)22(26-18(2)28)13-23(29)25-14-20-5-3-4-6-21(20)15-27-12-11-24-16-27/h3-12,16,22H,13-15H2,1-2H3,(H,25,29)(H,26,28). The molecule has 1 unspecified atom stereocenters. The molecule has 0 spiro atoms. The number of amides is 2. The molecule has 0 fully saturated rings. The summed E-state index contributed by atoms with van der Waals surface area (Å²) in [6, 6.07) is 15.5. The number of carbonyl (C=O) groups excluding carboxylic acids is 2. The van der Waals surface area contributed by atoms with Crippen LogP contribution in [0.5, 0.6) is 0 Å². The van der Waals surface area contributed by atoms with Crippen LogP contribution in [0.2, 0.25) is 0 Å². The minimum absolute atomic E-state index is 0.109. The Morgan fingerprint density at radius 1 is 1.07 bits per heavy atom. The van der Waals surface area contributed by atoms with Crippen LogP contribution in [-0.2, 0) is 22.7 Å². The maximum Gasteiger partial charge on any atom is 0.222 e. The molecule has 150 valence electrons. The normalized spacial score (nSPS) is 11.7. The maximum absolute atomic E-state index is 12.6. The van der Waals surface area contributed by atoms with E-state index >= 15 is 0 Å². The van der Waals surface area contributed by atoms with Gasteiger partial charge in [-0.2, -0.15) is 0 Å². The maximum atomic E-state index is 12.6. The zero-order valence-electron chi connectivity index (χ0n) is 16.8. The average Bonchev–Trinajstić information content (AvgIpc) is 3.20. The summed E-state index contributed by atoms with van der Waals surface area (Å²) in [7, 11) is 0. The first-order chi connectivity index (χ1) is 14.0. The first kappa shape index (κ1) is 20.3. The number of nitrogens with one attached hydrogen (secondary N) is 2. The van der Waals surface area contributed by atoms with Crippen molar-refractivity contribution in [2.75, 3.05) is 0 Å². The first-order valence-corrected chi connectivity index (χ1v) is 9.64. The Hall–Kier alpha value is -3.41. The van der Waals surface area contributed by atoms with Gasteiger partial charge in [0, 0.05) is 32.4 Å². The lowest BCUT2D eigenvalue weighted by atomic mass is 10.0. The summed E-state index contributed by atoms with van der Waals surface area (Å²) in [5.41, 5.74) is 4.24. The van der Waals surface area contributed by atoms with Gasteiger partial charge in [-0.05, 0) is 23.6 Å². The quantitative estimate of drug-likeness (QED) is 0.620. The summed E-state index contributed by atoms with van der Waals surface area (Å²) in [6.45, 7) is 4.60. The van der Waals surface area contributed by atoms with Crippen LogP contribution < -0.4 is 10.6 Å². The number of aryl methyl sites for hydroxylation is 1. The van der Waals surface area contributed by atoms with E-state index in [1.54, 1.807) is 12.5 Å². The second-order valence-corrected chi connectivity index (χ2v) is 7.15. The molecule has 1 heterocycles. The highest BCUT2D eigenvalue weighted by molar-refractivity contribution is 5.79. The number of nitrogens with zero attached hydrogens (tertiary/aromatic N) is 2. The van der Waals surface area contributed by atoms with Crippen molar-refractivity contribution in [1.29, 1.82) is 0 Å². The predicted molar refractivity (Wildman–Crippen MR) is 112 cm³/mol. The Morgan fingerprint density at radius 2 is 1.79 bits per heavy atom. The van der Waals surface area contributed by atoms with Crippen LogP contribution >= 0.6 is 0 Å². The van der Waals surface area contributed by atoms with Crippen LogP contribution in [0.4, 0.5) is 0 Å². The van der Waals surface area contributed by atoms with Crippen LogP contribution in [0, 0.1) is 6.92 Å². The number of imidazole rings is 1. The third kappa shape index (κ3) is 6.04. The van der Waals surface area contributed by atoms with E-state index in [9.17, 15) is 9.59 Å². The molecule has 1 aromatic heterocycles. The molecule has 3 rings (SSSR count). The van der Waals surface area contributed by atoms with E-state index in [1.807, 2.05) is 66.2 Å². The lowest BCUT2D eigenvalue weighted by Crippen LogP contribution is -2.32. The molecule has 0 bridgehead atoms. The van der Waals surface area contributed by atoms with Gasteiger partial charge >= 0.3 is 0 Å². The minimum Gasteiger partial charge on any atom is -0.352 e. The van der Waals surface area contributed by atoms with Crippen LogP contribution in [0.25, 0.3) is 0 Å². The van der Waals surface area contributed by atoms with Crippen molar-refractivity contribution in [3.05, 3.63) is 89.5 Å². The molecule has 0 saturated heterocycles. The van der Waals surface area contributed by atoms with Crippen LogP contribution in [0.3, 0.4) is 0 Å². The first-order valence-electron chi connectivity index (χ1n) is 9.64. The Labute approximate surface area is 171 Å².